The molecule has 6 nitrogen and oxygen atoms in total. The van der Waals surface area contributed by atoms with Gasteiger partial charge in [-0.1, -0.05) is 42.1 Å². The van der Waals surface area contributed by atoms with Gasteiger partial charge in [-0.3, -0.25) is 4.79 Å². The molecule has 0 atom stereocenters. The normalized spacial score (nSPS) is 15.3. The van der Waals surface area contributed by atoms with Crippen molar-refractivity contribution in [1.82, 2.24) is 0 Å². The van der Waals surface area contributed by atoms with Gasteiger partial charge in [0.15, 0.2) is 0 Å². The topological polar surface area (TPSA) is 85.2 Å². The lowest BCUT2D eigenvalue weighted by Crippen LogP contribution is -2.14. The van der Waals surface area contributed by atoms with E-state index in [2.05, 4.69) is 36.9 Å². The fourth-order valence-corrected chi connectivity index (χ4v) is 5.93. The van der Waals surface area contributed by atoms with Gasteiger partial charge in [0.1, 0.15) is 34.5 Å². The maximum absolute atomic E-state index is 13.5. The summed E-state index contributed by atoms with van der Waals surface area (Å²) in [7, 11) is 0. The van der Waals surface area contributed by atoms with Gasteiger partial charge in [-0.25, -0.2) is 14.2 Å². The summed E-state index contributed by atoms with van der Waals surface area (Å²) in [6.07, 6.45) is 1.65. The van der Waals surface area contributed by atoms with E-state index in [1.165, 1.54) is 12.1 Å². The van der Waals surface area contributed by atoms with Gasteiger partial charge in [-0.2, -0.15) is 0 Å². The number of carbonyl (C=O) groups is 2. The molecule has 0 radical (unpaired) electrons. The maximum Gasteiger partial charge on any atom is 0.344 e. The molecule has 0 aliphatic carbocycles. The van der Waals surface area contributed by atoms with E-state index in [1.54, 1.807) is 67.6 Å². The summed E-state index contributed by atoms with van der Waals surface area (Å²) in [5.41, 5.74) is 1.52. The molecular weight excluding hydrogens is 641 g/mol. The van der Waals surface area contributed by atoms with Crippen molar-refractivity contribution in [1.29, 1.82) is 0 Å². The molecule has 3 aromatic rings. The van der Waals surface area contributed by atoms with Gasteiger partial charge < -0.3 is 14.6 Å². The Labute approximate surface area is 239 Å². The zero-order valence-corrected chi connectivity index (χ0v) is 23.9. The van der Waals surface area contributed by atoms with Crippen LogP contribution in [0.15, 0.2) is 96.9 Å². The SMILES string of the molecule is CCOC(=O)C1=C(O)/C(=C/c2cc(Br)c(OCc3cccc(F)c3)c(Br)c2)SC1=NC(=O)c1ccccc1. The second-order valence-corrected chi connectivity index (χ2v) is 10.6. The molecule has 0 spiro atoms. The molecule has 0 fully saturated rings. The molecule has 0 saturated heterocycles. The van der Waals surface area contributed by atoms with Crippen LogP contribution in [-0.2, 0) is 16.1 Å². The molecule has 38 heavy (non-hydrogen) atoms. The number of nitrogens with zero attached hydrogens (tertiary/aromatic N) is 1. The van der Waals surface area contributed by atoms with Crippen LogP contribution in [0.25, 0.3) is 6.08 Å². The Hall–Kier alpha value is -3.21. The van der Waals surface area contributed by atoms with E-state index < -0.39 is 11.9 Å². The number of halogens is 3. The molecule has 4 rings (SSSR count). The minimum atomic E-state index is -0.774. The lowest BCUT2D eigenvalue weighted by molar-refractivity contribution is -0.138. The Balaban J connectivity index is 1.63. The molecule has 1 amide bonds. The van der Waals surface area contributed by atoms with Crippen molar-refractivity contribution in [3.8, 4) is 5.75 Å². The number of carbonyl (C=O) groups excluding carboxylic acids is 2. The van der Waals surface area contributed by atoms with E-state index in [0.717, 1.165) is 11.8 Å². The van der Waals surface area contributed by atoms with E-state index in [4.69, 9.17) is 9.47 Å². The molecule has 10 heteroatoms. The number of thioether (sulfide) groups is 1. The number of benzene rings is 3. The van der Waals surface area contributed by atoms with E-state index in [9.17, 15) is 19.1 Å². The van der Waals surface area contributed by atoms with Gasteiger partial charge in [-0.05, 0) is 92.4 Å². The first kappa shape index (κ1) is 27.8. The average molecular weight is 661 g/mol. The highest BCUT2D eigenvalue weighted by Crippen LogP contribution is 2.41. The lowest BCUT2D eigenvalue weighted by atomic mass is 10.1. The summed E-state index contributed by atoms with van der Waals surface area (Å²) in [5.74, 6) is -1.48. The van der Waals surface area contributed by atoms with Gasteiger partial charge in [0.05, 0.1) is 20.5 Å². The quantitative estimate of drug-likeness (QED) is 0.262. The van der Waals surface area contributed by atoms with E-state index >= 15 is 0 Å². The molecule has 3 aromatic carbocycles. The fourth-order valence-electron chi connectivity index (χ4n) is 3.46. The Kier molecular flexibility index (Phi) is 9.19. The molecule has 0 aromatic heterocycles. The number of rotatable bonds is 7. The summed E-state index contributed by atoms with van der Waals surface area (Å²) >= 11 is 7.98. The Bertz CT molecular complexity index is 1460. The number of hydrogen-bond donors (Lipinski definition) is 1. The standard InChI is InChI=1S/C28H20Br2FNO5S/c1-2-36-28(35)23-24(33)22(38-27(23)32-26(34)18-8-4-3-5-9-18)14-17-12-20(29)25(21(30)13-17)37-15-16-7-6-10-19(31)11-16/h3-14,33H,2,15H2,1H3/b22-14-,32-27?. The molecular formula is C28H20Br2FNO5S. The van der Waals surface area contributed by atoms with Crippen molar-refractivity contribution >= 4 is 66.6 Å². The summed E-state index contributed by atoms with van der Waals surface area (Å²) in [6.45, 7) is 1.90. The molecule has 194 valence electrons. The number of aliphatic imine (C=N–C) groups is 1. The van der Waals surface area contributed by atoms with Crippen LogP contribution in [0.4, 0.5) is 4.39 Å². The molecule has 0 bridgehead atoms. The molecule has 1 aliphatic heterocycles. The maximum atomic E-state index is 13.5. The van der Waals surface area contributed by atoms with Gasteiger partial charge >= 0.3 is 5.97 Å². The zero-order valence-electron chi connectivity index (χ0n) is 19.9. The van der Waals surface area contributed by atoms with Crippen LogP contribution in [0.3, 0.4) is 0 Å². The highest BCUT2D eigenvalue weighted by molar-refractivity contribution is 9.11. The first-order chi connectivity index (χ1) is 18.3. The number of aliphatic hydroxyl groups excluding tert-OH is 1. The third-order valence-corrected chi connectivity index (χ3v) is 7.38. The van der Waals surface area contributed by atoms with Gasteiger partial charge in [0.2, 0.25) is 0 Å². The van der Waals surface area contributed by atoms with Crippen LogP contribution in [0.5, 0.6) is 5.75 Å². The van der Waals surface area contributed by atoms with Crippen LogP contribution >= 0.6 is 43.6 Å². The van der Waals surface area contributed by atoms with Crippen LogP contribution in [-0.4, -0.2) is 28.6 Å². The Morgan fingerprint density at radius 3 is 2.42 bits per heavy atom. The second-order valence-electron chi connectivity index (χ2n) is 7.88. The van der Waals surface area contributed by atoms with Crippen molar-refractivity contribution in [2.45, 2.75) is 13.5 Å². The van der Waals surface area contributed by atoms with Crippen molar-refractivity contribution in [3.05, 3.63) is 114 Å². The smallest absolute Gasteiger partial charge is 0.344 e. The highest BCUT2D eigenvalue weighted by atomic mass is 79.9. The fraction of sp³-hybridized carbons (Fsp3) is 0.107. The van der Waals surface area contributed by atoms with Crippen LogP contribution in [0, 0.1) is 5.82 Å². The van der Waals surface area contributed by atoms with Gasteiger partial charge in [0, 0.05) is 5.56 Å². The molecule has 1 N–H and O–H groups in total. The van der Waals surface area contributed by atoms with Gasteiger partial charge in [0.25, 0.3) is 5.91 Å². The van der Waals surface area contributed by atoms with E-state index in [1.807, 2.05) is 0 Å². The van der Waals surface area contributed by atoms with Crippen molar-refractivity contribution < 1.29 is 28.6 Å². The first-order valence-corrected chi connectivity index (χ1v) is 13.7. The summed E-state index contributed by atoms with van der Waals surface area (Å²) in [5, 5.41) is 11.0. The Morgan fingerprint density at radius 2 is 1.76 bits per heavy atom. The minimum Gasteiger partial charge on any atom is -0.506 e. The van der Waals surface area contributed by atoms with E-state index in [-0.39, 0.29) is 35.4 Å². The number of amides is 1. The second kappa shape index (κ2) is 12.6. The Morgan fingerprint density at radius 1 is 1.05 bits per heavy atom. The molecule has 1 heterocycles. The third kappa shape index (κ3) is 6.61. The lowest BCUT2D eigenvalue weighted by Gasteiger charge is -2.12. The van der Waals surface area contributed by atoms with Crippen molar-refractivity contribution in [2.75, 3.05) is 6.61 Å². The van der Waals surface area contributed by atoms with Crippen LogP contribution < -0.4 is 4.74 Å². The summed E-state index contributed by atoms with van der Waals surface area (Å²) in [4.78, 5) is 29.7. The zero-order chi connectivity index (χ0) is 27.2. The third-order valence-electron chi connectivity index (χ3n) is 5.18. The first-order valence-electron chi connectivity index (χ1n) is 11.3. The predicted octanol–water partition coefficient (Wildman–Crippen LogP) is 7.63. The predicted molar refractivity (Wildman–Crippen MR) is 153 cm³/mol. The number of hydrogen-bond acceptors (Lipinski definition) is 6. The largest absolute Gasteiger partial charge is 0.506 e. The van der Waals surface area contributed by atoms with Crippen molar-refractivity contribution in [2.24, 2.45) is 4.99 Å². The average Bonchev–Trinajstić information content (AvgIpc) is 3.18. The molecule has 1 aliphatic rings. The van der Waals surface area contributed by atoms with Crippen LogP contribution in [0.1, 0.15) is 28.4 Å². The highest BCUT2D eigenvalue weighted by Gasteiger charge is 2.34. The van der Waals surface area contributed by atoms with E-state index in [0.29, 0.717) is 36.3 Å². The monoisotopic (exact) mass is 659 g/mol. The number of aliphatic hydroxyl groups is 1. The van der Waals surface area contributed by atoms with Crippen molar-refractivity contribution in [3.63, 3.8) is 0 Å². The minimum absolute atomic E-state index is 0.0502. The number of ether oxygens (including phenoxy) is 2. The molecule has 0 unspecified atom stereocenters. The van der Waals surface area contributed by atoms with Crippen LogP contribution in [0.2, 0.25) is 0 Å². The van der Waals surface area contributed by atoms with Gasteiger partial charge in [-0.15, -0.1) is 0 Å². The molecule has 0 saturated carbocycles. The summed E-state index contributed by atoms with van der Waals surface area (Å²) in [6, 6.07) is 18.1. The summed E-state index contributed by atoms with van der Waals surface area (Å²) < 4.78 is 25.7. The number of esters is 1.